The van der Waals surface area contributed by atoms with E-state index in [9.17, 15) is 27.2 Å². The number of benzene rings is 1. The maximum absolute atomic E-state index is 13.7. The zero-order valence-corrected chi connectivity index (χ0v) is 22.6. The highest BCUT2D eigenvalue weighted by Gasteiger charge is 2.35. The number of anilines is 1. The predicted octanol–water partition coefficient (Wildman–Crippen LogP) is 5.22. The van der Waals surface area contributed by atoms with Crippen LogP contribution < -0.4 is 5.32 Å². The summed E-state index contributed by atoms with van der Waals surface area (Å²) in [5.74, 6) is -1.40. The Hall–Kier alpha value is -4.66. The van der Waals surface area contributed by atoms with Gasteiger partial charge in [0.05, 0.1) is 35.6 Å². The van der Waals surface area contributed by atoms with Gasteiger partial charge in [-0.1, -0.05) is 0 Å². The highest BCUT2D eigenvalue weighted by Crippen LogP contribution is 2.36. The number of imidazole rings is 2. The van der Waals surface area contributed by atoms with E-state index in [0.29, 0.717) is 51.8 Å². The van der Waals surface area contributed by atoms with E-state index in [-0.39, 0.29) is 25.0 Å². The minimum Gasteiger partial charge on any atom is -0.342 e. The first-order valence-corrected chi connectivity index (χ1v) is 13.8. The van der Waals surface area contributed by atoms with Gasteiger partial charge in [0.15, 0.2) is 11.5 Å². The number of piperidine rings is 1. The van der Waals surface area contributed by atoms with Crippen molar-refractivity contribution in [1.82, 2.24) is 34.0 Å². The summed E-state index contributed by atoms with van der Waals surface area (Å²) < 4.78 is 55.4. The van der Waals surface area contributed by atoms with Crippen molar-refractivity contribution >= 4 is 34.6 Å². The third kappa shape index (κ3) is 5.72. The number of hydrogen-bond donors (Lipinski definition) is 1. The summed E-state index contributed by atoms with van der Waals surface area (Å²) in [6.45, 7) is 0.333. The monoisotopic (exact) mass is 598 g/mol. The van der Waals surface area contributed by atoms with Crippen LogP contribution in [0.2, 0.25) is 0 Å². The summed E-state index contributed by atoms with van der Waals surface area (Å²) in [6.07, 6.45) is -0.552. The molecule has 1 aliphatic rings. The summed E-state index contributed by atoms with van der Waals surface area (Å²) in [6, 6.07) is 9.17. The van der Waals surface area contributed by atoms with Gasteiger partial charge in [0.2, 0.25) is 5.91 Å². The van der Waals surface area contributed by atoms with E-state index >= 15 is 0 Å². The lowest BCUT2D eigenvalue weighted by atomic mass is 10.0. The van der Waals surface area contributed by atoms with Crippen LogP contribution in [-0.2, 0) is 4.79 Å². The standard InChI is InChI=1S/C27H22F4N8O2S/c28-17-3-1-16(2-4-17)24-25(38(14-33-24)18-7-9-37(10-8-18)23(40)11-27(29,30)31)19-5-6-22-34-21(13-39(22)36-19)35-26(41)20-12-32-15-42-20/h1-6,12-15,18H,7-11H2,(H,35,41). The Balaban J connectivity index is 1.32. The number of nitrogens with zero attached hydrogens (tertiary/aromatic N) is 7. The molecule has 0 aliphatic carbocycles. The van der Waals surface area contributed by atoms with Crippen LogP contribution in [0.1, 0.15) is 35.0 Å². The number of halogens is 4. The normalized spacial score (nSPS) is 14.4. The van der Waals surface area contributed by atoms with E-state index in [1.54, 1.807) is 42.3 Å². The van der Waals surface area contributed by atoms with Crippen molar-refractivity contribution in [3.63, 3.8) is 0 Å². The molecule has 1 N–H and O–H groups in total. The summed E-state index contributed by atoms with van der Waals surface area (Å²) in [7, 11) is 0. The molecule has 5 heterocycles. The van der Waals surface area contributed by atoms with Crippen molar-refractivity contribution in [3.05, 3.63) is 71.3 Å². The second kappa shape index (κ2) is 11.0. The van der Waals surface area contributed by atoms with Gasteiger partial charge in [-0.15, -0.1) is 11.3 Å². The maximum atomic E-state index is 13.7. The van der Waals surface area contributed by atoms with Crippen molar-refractivity contribution in [2.45, 2.75) is 31.5 Å². The lowest BCUT2D eigenvalue weighted by Gasteiger charge is -2.33. The molecular weight excluding hydrogens is 576 g/mol. The molecule has 4 aromatic heterocycles. The molecule has 15 heteroatoms. The van der Waals surface area contributed by atoms with E-state index in [1.807, 2.05) is 4.57 Å². The summed E-state index contributed by atoms with van der Waals surface area (Å²) in [5, 5.41) is 7.44. The number of hydrogen-bond acceptors (Lipinski definition) is 7. The quantitative estimate of drug-likeness (QED) is 0.268. The van der Waals surface area contributed by atoms with Gasteiger partial charge in [0.1, 0.15) is 22.8 Å². The number of nitrogens with one attached hydrogen (secondary N) is 1. The fraction of sp³-hybridized carbons (Fsp3) is 0.259. The fourth-order valence-electron chi connectivity index (χ4n) is 4.96. The van der Waals surface area contributed by atoms with E-state index in [0.717, 1.165) is 0 Å². The smallest absolute Gasteiger partial charge is 0.342 e. The van der Waals surface area contributed by atoms with Crippen LogP contribution in [0.4, 0.5) is 23.4 Å². The van der Waals surface area contributed by atoms with Crippen molar-refractivity contribution in [3.8, 4) is 22.6 Å². The molecule has 1 aliphatic heterocycles. The van der Waals surface area contributed by atoms with Gasteiger partial charge in [-0.2, -0.15) is 18.3 Å². The van der Waals surface area contributed by atoms with Crippen molar-refractivity contribution in [1.29, 1.82) is 0 Å². The number of carbonyl (C=O) groups is 2. The number of thiazole rings is 1. The minimum absolute atomic E-state index is 0.167. The molecule has 0 saturated carbocycles. The first-order chi connectivity index (χ1) is 20.1. The van der Waals surface area contributed by atoms with Gasteiger partial charge < -0.3 is 14.8 Å². The average molecular weight is 599 g/mol. The zero-order chi connectivity index (χ0) is 29.4. The highest BCUT2D eigenvalue weighted by molar-refractivity contribution is 7.11. The molecule has 2 amide bonds. The first-order valence-electron chi connectivity index (χ1n) is 12.9. The molecule has 216 valence electrons. The van der Waals surface area contributed by atoms with Gasteiger partial charge in [0.25, 0.3) is 5.91 Å². The van der Waals surface area contributed by atoms with Crippen LogP contribution in [0.3, 0.4) is 0 Å². The van der Waals surface area contributed by atoms with Crippen LogP contribution in [-0.4, -0.2) is 65.1 Å². The van der Waals surface area contributed by atoms with Crippen LogP contribution in [0.25, 0.3) is 28.3 Å². The number of likely N-dealkylation sites (tertiary alicyclic amines) is 1. The third-order valence-corrected chi connectivity index (χ3v) is 7.71. The molecule has 0 unspecified atom stereocenters. The molecule has 0 spiro atoms. The predicted molar refractivity (Wildman–Crippen MR) is 145 cm³/mol. The van der Waals surface area contributed by atoms with Crippen molar-refractivity contribution < 1.29 is 27.2 Å². The number of carbonyl (C=O) groups excluding carboxylic acids is 2. The van der Waals surface area contributed by atoms with Crippen LogP contribution in [0.5, 0.6) is 0 Å². The Morgan fingerprint density at radius 2 is 1.83 bits per heavy atom. The van der Waals surface area contributed by atoms with E-state index in [1.165, 1.54) is 39.1 Å². The molecule has 10 nitrogen and oxygen atoms in total. The molecule has 0 bridgehead atoms. The topological polar surface area (TPSA) is 110 Å². The Bertz CT molecular complexity index is 1740. The Morgan fingerprint density at radius 3 is 2.52 bits per heavy atom. The number of amides is 2. The lowest BCUT2D eigenvalue weighted by Crippen LogP contribution is -2.40. The largest absolute Gasteiger partial charge is 0.397 e. The molecule has 5 aromatic rings. The number of aromatic nitrogens is 6. The third-order valence-electron chi connectivity index (χ3n) is 6.93. The average Bonchev–Trinajstić information content (AvgIpc) is 3.72. The van der Waals surface area contributed by atoms with E-state index < -0.39 is 24.3 Å². The van der Waals surface area contributed by atoms with Gasteiger partial charge in [-0.25, -0.2) is 18.9 Å². The Morgan fingerprint density at radius 1 is 1.07 bits per heavy atom. The van der Waals surface area contributed by atoms with E-state index in [2.05, 4.69) is 20.3 Å². The number of alkyl halides is 3. The number of rotatable bonds is 6. The SMILES string of the molecule is O=C(Nc1cn2nc(-c3c(-c4ccc(F)cc4)ncn3C3CCN(C(=O)CC(F)(F)F)CC3)ccc2n1)c1cncs1. The summed E-state index contributed by atoms with van der Waals surface area (Å²) >= 11 is 1.20. The van der Waals surface area contributed by atoms with Crippen LogP contribution in [0, 0.1) is 5.82 Å². The maximum Gasteiger partial charge on any atom is 0.397 e. The second-order valence-electron chi connectivity index (χ2n) is 9.73. The molecule has 1 fully saturated rings. The van der Waals surface area contributed by atoms with Gasteiger partial charge >= 0.3 is 6.18 Å². The molecular formula is C27H22F4N8O2S. The molecule has 6 rings (SSSR count). The van der Waals surface area contributed by atoms with Gasteiger partial charge in [-0.05, 0) is 49.2 Å². The molecule has 1 saturated heterocycles. The van der Waals surface area contributed by atoms with Gasteiger partial charge in [0, 0.05) is 24.7 Å². The first kappa shape index (κ1) is 27.5. The van der Waals surface area contributed by atoms with Gasteiger partial charge in [-0.3, -0.25) is 14.6 Å². The lowest BCUT2D eigenvalue weighted by molar-refractivity contribution is -0.162. The van der Waals surface area contributed by atoms with Crippen molar-refractivity contribution in [2.75, 3.05) is 18.4 Å². The Kier molecular flexibility index (Phi) is 7.18. The van der Waals surface area contributed by atoms with Crippen molar-refractivity contribution in [2.24, 2.45) is 0 Å². The second-order valence-corrected chi connectivity index (χ2v) is 10.6. The van der Waals surface area contributed by atoms with Crippen LogP contribution in [0.15, 0.2) is 60.6 Å². The Labute approximate surface area is 239 Å². The molecule has 0 radical (unpaired) electrons. The zero-order valence-electron chi connectivity index (χ0n) is 21.8. The van der Waals surface area contributed by atoms with E-state index in [4.69, 9.17) is 5.10 Å². The van der Waals surface area contributed by atoms with Crippen LogP contribution >= 0.6 is 11.3 Å². The number of fused-ring (bicyclic) bond motifs is 1. The molecule has 42 heavy (non-hydrogen) atoms. The molecule has 0 atom stereocenters. The fourth-order valence-corrected chi connectivity index (χ4v) is 5.48. The summed E-state index contributed by atoms with van der Waals surface area (Å²) in [4.78, 5) is 39.2. The molecule has 1 aromatic carbocycles. The summed E-state index contributed by atoms with van der Waals surface area (Å²) in [5.41, 5.74) is 4.34. The highest BCUT2D eigenvalue weighted by atomic mass is 32.1. The minimum atomic E-state index is -4.56.